The van der Waals surface area contributed by atoms with Crippen LogP contribution in [0.2, 0.25) is 0 Å². The number of hydrogen-bond donors (Lipinski definition) is 2. The van der Waals surface area contributed by atoms with Crippen molar-refractivity contribution in [1.29, 1.82) is 0 Å². The van der Waals surface area contributed by atoms with Gasteiger partial charge in [0.25, 0.3) is 0 Å². The summed E-state index contributed by atoms with van der Waals surface area (Å²) in [6.07, 6.45) is 3.51. The number of carbonyl (C=O) groups excluding carboxylic acids is 1. The van der Waals surface area contributed by atoms with Crippen molar-refractivity contribution in [2.45, 2.75) is 6.04 Å². The van der Waals surface area contributed by atoms with Gasteiger partial charge < -0.3 is 15.5 Å². The average Bonchev–Trinajstić information content (AvgIpc) is 2.39. The summed E-state index contributed by atoms with van der Waals surface area (Å²) >= 11 is 2.16. The minimum atomic E-state index is -0.242. The molecule has 1 amide bonds. The first kappa shape index (κ1) is 12.5. The summed E-state index contributed by atoms with van der Waals surface area (Å²) in [5.41, 5.74) is 0. The van der Waals surface area contributed by atoms with Crippen molar-refractivity contribution in [3.05, 3.63) is 16.0 Å². The fourth-order valence-corrected chi connectivity index (χ4v) is 2.08. The number of likely N-dealkylation sites (N-methyl/N-ethyl adjacent to an activating group) is 1. The van der Waals surface area contributed by atoms with E-state index in [4.69, 9.17) is 0 Å². The maximum Gasteiger partial charge on any atom is 0.243 e. The zero-order valence-electron chi connectivity index (χ0n) is 9.48. The molecule has 1 aromatic heterocycles. The monoisotopic (exact) mass is 347 g/mol. The molecule has 0 radical (unpaired) electrons. The van der Waals surface area contributed by atoms with Crippen LogP contribution in [0.1, 0.15) is 0 Å². The Morgan fingerprint density at radius 1 is 1.59 bits per heavy atom. The summed E-state index contributed by atoms with van der Waals surface area (Å²) in [5, 5.41) is 5.87. The second-order valence-corrected chi connectivity index (χ2v) is 4.97. The van der Waals surface area contributed by atoms with Crippen molar-refractivity contribution in [3.8, 4) is 0 Å². The molecule has 1 aromatic rings. The predicted octanol–water partition coefficient (Wildman–Crippen LogP) is -0.395. The topological polar surface area (TPSA) is 70.2 Å². The first-order valence-corrected chi connectivity index (χ1v) is 6.46. The van der Waals surface area contributed by atoms with Crippen molar-refractivity contribution >= 4 is 34.4 Å². The van der Waals surface area contributed by atoms with Crippen LogP contribution < -0.4 is 15.5 Å². The van der Waals surface area contributed by atoms with E-state index in [9.17, 15) is 4.79 Å². The Balaban J connectivity index is 2.21. The normalized spacial score (nSPS) is 20.1. The lowest BCUT2D eigenvalue weighted by Crippen LogP contribution is -2.58. The van der Waals surface area contributed by atoms with Gasteiger partial charge in [-0.1, -0.05) is 0 Å². The maximum atomic E-state index is 11.8. The predicted molar refractivity (Wildman–Crippen MR) is 72.8 cm³/mol. The fourth-order valence-electron chi connectivity index (χ4n) is 1.80. The molecule has 2 rings (SSSR count). The Hall–Kier alpha value is -0.960. The third kappa shape index (κ3) is 2.83. The van der Waals surface area contributed by atoms with Crippen molar-refractivity contribution in [3.63, 3.8) is 0 Å². The van der Waals surface area contributed by atoms with Gasteiger partial charge in [-0.05, 0) is 22.6 Å². The molecule has 17 heavy (non-hydrogen) atoms. The number of carbonyl (C=O) groups is 1. The third-order valence-electron chi connectivity index (χ3n) is 2.66. The number of hydrogen-bond acceptors (Lipinski definition) is 5. The summed E-state index contributed by atoms with van der Waals surface area (Å²) < 4.78 is 0.984. The molecular formula is C10H14IN5O. The molecule has 1 fully saturated rings. The van der Waals surface area contributed by atoms with Crippen LogP contribution in [0.4, 0.5) is 5.95 Å². The third-order valence-corrected chi connectivity index (χ3v) is 3.21. The minimum absolute atomic E-state index is 0.0145. The van der Waals surface area contributed by atoms with E-state index < -0.39 is 0 Å². The van der Waals surface area contributed by atoms with Gasteiger partial charge >= 0.3 is 0 Å². The van der Waals surface area contributed by atoms with Crippen LogP contribution in [-0.4, -0.2) is 48.6 Å². The molecule has 6 nitrogen and oxygen atoms in total. The Bertz CT molecular complexity index is 396. The minimum Gasteiger partial charge on any atom is -0.357 e. The number of anilines is 1. The summed E-state index contributed by atoms with van der Waals surface area (Å²) in [7, 11) is 1.64. The lowest BCUT2D eigenvalue weighted by Gasteiger charge is -2.34. The highest BCUT2D eigenvalue weighted by atomic mass is 127. The van der Waals surface area contributed by atoms with Gasteiger partial charge in [0.15, 0.2) is 0 Å². The molecule has 1 unspecified atom stereocenters. The van der Waals surface area contributed by atoms with Gasteiger partial charge in [0.2, 0.25) is 11.9 Å². The van der Waals surface area contributed by atoms with E-state index >= 15 is 0 Å². The first-order valence-electron chi connectivity index (χ1n) is 5.39. The van der Waals surface area contributed by atoms with Crippen LogP contribution >= 0.6 is 22.6 Å². The van der Waals surface area contributed by atoms with Crippen LogP contribution in [0.5, 0.6) is 0 Å². The van der Waals surface area contributed by atoms with Gasteiger partial charge in [-0.25, -0.2) is 9.97 Å². The van der Waals surface area contributed by atoms with Crippen LogP contribution in [0.25, 0.3) is 0 Å². The summed E-state index contributed by atoms with van der Waals surface area (Å²) in [6.45, 7) is 2.19. The highest BCUT2D eigenvalue weighted by molar-refractivity contribution is 14.1. The number of halogens is 1. The molecule has 2 N–H and O–H groups in total. The van der Waals surface area contributed by atoms with Gasteiger partial charge in [-0.15, -0.1) is 0 Å². The van der Waals surface area contributed by atoms with Crippen LogP contribution in [-0.2, 0) is 4.79 Å². The Morgan fingerprint density at radius 3 is 2.94 bits per heavy atom. The average molecular weight is 347 g/mol. The molecule has 1 aliphatic heterocycles. The highest BCUT2D eigenvalue weighted by Crippen LogP contribution is 2.13. The van der Waals surface area contributed by atoms with E-state index in [1.807, 2.05) is 4.90 Å². The Kier molecular flexibility index (Phi) is 4.11. The molecule has 92 valence electrons. The highest BCUT2D eigenvalue weighted by Gasteiger charge is 2.29. The molecule has 1 aliphatic rings. The molecule has 0 spiro atoms. The van der Waals surface area contributed by atoms with E-state index in [2.05, 4.69) is 43.2 Å². The van der Waals surface area contributed by atoms with Crippen LogP contribution in [0, 0.1) is 3.57 Å². The van der Waals surface area contributed by atoms with Crippen molar-refractivity contribution in [2.24, 2.45) is 0 Å². The number of piperazine rings is 1. The summed E-state index contributed by atoms with van der Waals surface area (Å²) in [5.74, 6) is 0.597. The van der Waals surface area contributed by atoms with Gasteiger partial charge in [0.1, 0.15) is 6.04 Å². The van der Waals surface area contributed by atoms with Gasteiger partial charge in [-0.2, -0.15) is 0 Å². The Labute approximate surface area is 113 Å². The molecule has 1 saturated heterocycles. The van der Waals surface area contributed by atoms with E-state index in [1.54, 1.807) is 19.4 Å². The molecule has 2 heterocycles. The SMILES string of the molecule is CNC(=O)C1CNCCN1c1ncc(I)cn1. The second kappa shape index (κ2) is 5.58. The molecule has 1 atom stereocenters. The Morgan fingerprint density at radius 2 is 2.29 bits per heavy atom. The number of aromatic nitrogens is 2. The van der Waals surface area contributed by atoms with Gasteiger partial charge in [0.05, 0.1) is 0 Å². The van der Waals surface area contributed by atoms with Crippen molar-refractivity contribution in [2.75, 3.05) is 31.6 Å². The molecule has 0 aliphatic carbocycles. The van der Waals surface area contributed by atoms with E-state index in [0.29, 0.717) is 12.5 Å². The van der Waals surface area contributed by atoms with E-state index in [1.165, 1.54) is 0 Å². The standard InChI is InChI=1S/C10H14IN5O/c1-12-9(17)8-6-13-2-3-16(8)10-14-4-7(11)5-15-10/h4-5,8,13H,2-3,6H2,1H3,(H,12,17). The lowest BCUT2D eigenvalue weighted by atomic mass is 10.2. The quantitative estimate of drug-likeness (QED) is 0.713. The van der Waals surface area contributed by atoms with Crippen molar-refractivity contribution < 1.29 is 4.79 Å². The maximum absolute atomic E-state index is 11.8. The smallest absolute Gasteiger partial charge is 0.243 e. The second-order valence-electron chi connectivity index (χ2n) is 3.73. The van der Waals surface area contributed by atoms with Crippen LogP contribution in [0.3, 0.4) is 0 Å². The number of nitrogens with one attached hydrogen (secondary N) is 2. The molecule has 0 saturated carbocycles. The van der Waals surface area contributed by atoms with Crippen molar-refractivity contribution in [1.82, 2.24) is 20.6 Å². The number of nitrogens with zero attached hydrogens (tertiary/aromatic N) is 3. The molecule has 0 aromatic carbocycles. The molecule has 7 heteroatoms. The fraction of sp³-hybridized carbons (Fsp3) is 0.500. The summed E-state index contributed by atoms with van der Waals surface area (Å²) in [4.78, 5) is 22.2. The number of amides is 1. The first-order chi connectivity index (χ1) is 8.22. The largest absolute Gasteiger partial charge is 0.357 e. The lowest BCUT2D eigenvalue weighted by molar-refractivity contribution is -0.122. The molecular weight excluding hydrogens is 333 g/mol. The van der Waals surface area contributed by atoms with Gasteiger partial charge in [-0.3, -0.25) is 4.79 Å². The van der Waals surface area contributed by atoms with E-state index in [-0.39, 0.29) is 11.9 Å². The zero-order chi connectivity index (χ0) is 12.3. The van der Waals surface area contributed by atoms with E-state index in [0.717, 1.165) is 16.7 Å². The summed E-state index contributed by atoms with van der Waals surface area (Å²) in [6, 6.07) is -0.242. The van der Waals surface area contributed by atoms with Gasteiger partial charge in [0, 0.05) is 42.6 Å². The zero-order valence-corrected chi connectivity index (χ0v) is 11.6. The van der Waals surface area contributed by atoms with Crippen LogP contribution in [0.15, 0.2) is 12.4 Å². The number of rotatable bonds is 2. The molecule has 0 bridgehead atoms.